The largest absolute Gasteiger partial charge is 0.506 e. The number of hydrogen-bond donors (Lipinski definition) is 2. The van der Waals surface area contributed by atoms with Crippen LogP contribution in [0.2, 0.25) is 0 Å². The molecule has 2 heterocycles. The topological polar surface area (TPSA) is 203 Å². The number of amides is 2. The van der Waals surface area contributed by atoms with Crippen LogP contribution in [0.3, 0.4) is 0 Å². The van der Waals surface area contributed by atoms with E-state index in [2.05, 4.69) is 15.6 Å². The second kappa shape index (κ2) is 10.9. The van der Waals surface area contributed by atoms with Gasteiger partial charge in [0.2, 0.25) is 0 Å². The van der Waals surface area contributed by atoms with Gasteiger partial charge in [-0.25, -0.2) is 8.42 Å². The summed E-state index contributed by atoms with van der Waals surface area (Å²) in [5.41, 5.74) is -0.335. The molecule has 0 radical (unpaired) electrons. The Morgan fingerprint density at radius 3 is 2.00 bits per heavy atom. The third-order valence-electron chi connectivity index (χ3n) is 5.63. The van der Waals surface area contributed by atoms with Gasteiger partial charge < -0.3 is 19.5 Å². The molecule has 2 amide bonds. The molecule has 0 saturated heterocycles. The van der Waals surface area contributed by atoms with Crippen molar-refractivity contribution in [2.24, 2.45) is 0 Å². The molecule has 2 N–H and O–H groups in total. The third kappa shape index (κ3) is 5.15. The number of hydrogen-bond acceptors (Lipinski definition) is 11. The first-order valence-corrected chi connectivity index (χ1v) is 12.7. The van der Waals surface area contributed by atoms with Crippen LogP contribution in [0.15, 0.2) is 80.4 Å². The maximum absolute atomic E-state index is 13.7. The number of nitrogens with one attached hydrogen (secondary N) is 1. The molecule has 0 unspecified atom stereocenters. The van der Waals surface area contributed by atoms with Crippen LogP contribution < -0.4 is 9.62 Å². The van der Waals surface area contributed by atoms with Crippen molar-refractivity contribution in [3.8, 4) is 12.1 Å². The normalized spacial score (nSPS) is 11.6. The van der Waals surface area contributed by atoms with Gasteiger partial charge in [-0.2, -0.15) is 14.8 Å². The standard InChI is InChI=1S/C26H18N6O7S/c1-15-22(13-29-38-15)24(33)21(12-28)25(34)31-18-5-9-20(10-6-18)40(36,37)32(19-7-3-17(11-27)4-8-19)26(35)23-14-30-39-16(23)2/h3-10,13-14,33H,1-2H3,(H,31,34). The van der Waals surface area contributed by atoms with Crippen molar-refractivity contribution in [1.29, 1.82) is 10.5 Å². The van der Waals surface area contributed by atoms with Crippen LogP contribution in [-0.2, 0) is 14.8 Å². The van der Waals surface area contributed by atoms with Gasteiger partial charge in [0.15, 0.2) is 11.3 Å². The van der Waals surface area contributed by atoms with Crippen molar-refractivity contribution in [1.82, 2.24) is 10.3 Å². The molecule has 2 aromatic carbocycles. The van der Waals surface area contributed by atoms with E-state index in [4.69, 9.17) is 14.3 Å². The number of nitrogens with zero attached hydrogens (tertiary/aromatic N) is 5. The molecule has 13 nitrogen and oxygen atoms in total. The fourth-order valence-corrected chi connectivity index (χ4v) is 4.94. The summed E-state index contributed by atoms with van der Waals surface area (Å²) in [6, 6.07) is 13.7. The molecule has 4 aromatic rings. The highest BCUT2D eigenvalue weighted by molar-refractivity contribution is 7.93. The Morgan fingerprint density at radius 1 is 0.925 bits per heavy atom. The Morgan fingerprint density at radius 2 is 1.50 bits per heavy atom. The van der Waals surface area contributed by atoms with Crippen LogP contribution in [0.5, 0.6) is 0 Å². The molecule has 0 aliphatic heterocycles. The van der Waals surface area contributed by atoms with Crippen LogP contribution in [0, 0.1) is 36.5 Å². The lowest BCUT2D eigenvalue weighted by atomic mass is 10.1. The predicted molar refractivity (Wildman–Crippen MR) is 138 cm³/mol. The molecule has 40 heavy (non-hydrogen) atoms. The Balaban J connectivity index is 1.66. The van der Waals surface area contributed by atoms with Crippen LogP contribution in [0.1, 0.15) is 33.0 Å². The van der Waals surface area contributed by atoms with E-state index in [1.54, 1.807) is 6.07 Å². The summed E-state index contributed by atoms with van der Waals surface area (Å²) in [5, 5.41) is 38.3. The van der Waals surface area contributed by atoms with E-state index >= 15 is 0 Å². The molecular weight excluding hydrogens is 540 g/mol. The van der Waals surface area contributed by atoms with Crippen molar-refractivity contribution in [3.05, 3.63) is 94.7 Å². The number of aryl methyl sites for hydroxylation is 2. The zero-order chi connectivity index (χ0) is 29.0. The fraction of sp³-hybridized carbons (Fsp3) is 0.0769. The van der Waals surface area contributed by atoms with Gasteiger partial charge in [0.1, 0.15) is 23.2 Å². The quantitative estimate of drug-likeness (QED) is 0.190. The zero-order valence-electron chi connectivity index (χ0n) is 20.8. The minimum absolute atomic E-state index is 0.0368. The van der Waals surface area contributed by atoms with Gasteiger partial charge in [-0.3, -0.25) is 9.59 Å². The molecule has 0 bridgehead atoms. The Labute approximate surface area is 227 Å². The molecule has 0 spiro atoms. The molecule has 0 saturated carbocycles. The van der Waals surface area contributed by atoms with Crippen LogP contribution in [0.4, 0.5) is 11.4 Å². The molecule has 0 aliphatic carbocycles. The van der Waals surface area contributed by atoms with Crippen LogP contribution in [-0.4, -0.2) is 35.7 Å². The van der Waals surface area contributed by atoms with Crippen molar-refractivity contribution in [2.45, 2.75) is 18.7 Å². The van der Waals surface area contributed by atoms with Crippen LogP contribution in [0.25, 0.3) is 5.76 Å². The third-order valence-corrected chi connectivity index (χ3v) is 7.35. The summed E-state index contributed by atoms with van der Waals surface area (Å²) in [7, 11) is -4.53. The number of carbonyl (C=O) groups is 2. The van der Waals surface area contributed by atoms with Gasteiger partial charge in [0.05, 0.1) is 40.2 Å². The second-order valence-electron chi connectivity index (χ2n) is 8.14. The highest BCUT2D eigenvalue weighted by atomic mass is 32.2. The summed E-state index contributed by atoms with van der Waals surface area (Å²) >= 11 is 0. The summed E-state index contributed by atoms with van der Waals surface area (Å²) in [6.07, 6.45) is 2.25. The summed E-state index contributed by atoms with van der Waals surface area (Å²) in [6.45, 7) is 2.94. The van der Waals surface area contributed by atoms with Crippen LogP contribution >= 0.6 is 0 Å². The number of rotatable bonds is 7. The van der Waals surface area contributed by atoms with E-state index in [1.165, 1.54) is 50.2 Å². The predicted octanol–water partition coefficient (Wildman–Crippen LogP) is 3.62. The lowest BCUT2D eigenvalue weighted by Gasteiger charge is -2.22. The van der Waals surface area contributed by atoms with Gasteiger partial charge in [-0.1, -0.05) is 10.3 Å². The fourth-order valence-electron chi connectivity index (χ4n) is 3.53. The number of aliphatic hydroxyl groups is 1. The van der Waals surface area contributed by atoms with Crippen molar-refractivity contribution in [3.63, 3.8) is 0 Å². The average Bonchev–Trinajstić information content (AvgIpc) is 3.57. The van der Waals surface area contributed by atoms with E-state index in [-0.39, 0.29) is 44.5 Å². The summed E-state index contributed by atoms with van der Waals surface area (Å²) < 4.78 is 37.7. The SMILES string of the molecule is Cc1oncc1C(=O)N(c1ccc(C#N)cc1)S(=O)(=O)c1ccc(NC(=O)C(C#N)=C(O)c2cnoc2C)cc1. The number of carbonyl (C=O) groups excluding carboxylic acids is 2. The average molecular weight is 559 g/mol. The molecular formula is C26H18N6O7S. The van der Waals surface area contributed by atoms with Crippen molar-refractivity contribution < 1.29 is 32.2 Å². The Hall–Kier alpha value is -5.73. The van der Waals surface area contributed by atoms with Gasteiger partial charge in [0.25, 0.3) is 21.8 Å². The maximum atomic E-state index is 13.7. The highest BCUT2D eigenvalue weighted by Crippen LogP contribution is 2.28. The van der Waals surface area contributed by atoms with Crippen molar-refractivity contribution >= 4 is 39.0 Å². The number of sulfonamides is 1. The molecule has 0 fully saturated rings. The molecule has 14 heteroatoms. The monoisotopic (exact) mass is 558 g/mol. The number of aliphatic hydroxyl groups excluding tert-OH is 1. The lowest BCUT2D eigenvalue weighted by Crippen LogP contribution is -2.37. The number of benzene rings is 2. The molecule has 0 aliphatic rings. The smallest absolute Gasteiger partial charge is 0.277 e. The van der Waals surface area contributed by atoms with E-state index < -0.39 is 33.2 Å². The lowest BCUT2D eigenvalue weighted by molar-refractivity contribution is -0.112. The molecule has 200 valence electrons. The Kier molecular flexibility index (Phi) is 7.47. The Bertz CT molecular complexity index is 1820. The maximum Gasteiger partial charge on any atom is 0.277 e. The van der Waals surface area contributed by atoms with Crippen molar-refractivity contribution in [2.75, 3.05) is 9.62 Å². The molecule has 2 aromatic heterocycles. The van der Waals surface area contributed by atoms with Gasteiger partial charge >= 0.3 is 0 Å². The molecule has 0 atom stereocenters. The number of nitriles is 2. The highest BCUT2D eigenvalue weighted by Gasteiger charge is 2.34. The number of aromatic nitrogens is 2. The summed E-state index contributed by atoms with van der Waals surface area (Å²) in [5.74, 6) is -2.26. The van der Waals surface area contributed by atoms with E-state index in [9.17, 15) is 28.4 Å². The van der Waals surface area contributed by atoms with Gasteiger partial charge in [0, 0.05) is 5.69 Å². The zero-order valence-corrected chi connectivity index (χ0v) is 21.6. The van der Waals surface area contributed by atoms with Gasteiger partial charge in [-0.15, -0.1) is 0 Å². The minimum atomic E-state index is -4.53. The van der Waals surface area contributed by atoms with Gasteiger partial charge in [-0.05, 0) is 62.4 Å². The van der Waals surface area contributed by atoms with E-state index in [0.29, 0.717) is 4.31 Å². The number of anilines is 2. The molecule has 4 rings (SSSR count). The van der Waals surface area contributed by atoms with E-state index in [1.807, 2.05) is 6.07 Å². The van der Waals surface area contributed by atoms with E-state index in [0.717, 1.165) is 24.5 Å². The second-order valence-corrected chi connectivity index (χ2v) is 9.93. The summed E-state index contributed by atoms with van der Waals surface area (Å²) in [4.78, 5) is 25.7. The first-order valence-electron chi connectivity index (χ1n) is 11.3. The first kappa shape index (κ1) is 27.3. The first-order chi connectivity index (χ1) is 19.1. The minimum Gasteiger partial charge on any atom is -0.506 e.